The summed E-state index contributed by atoms with van der Waals surface area (Å²) in [5.74, 6) is -1.04. The lowest BCUT2D eigenvalue weighted by atomic mass is 10.1. The van der Waals surface area contributed by atoms with Gasteiger partial charge in [0.1, 0.15) is 4.88 Å². The maximum Gasteiger partial charge on any atom is 0.347 e. The summed E-state index contributed by atoms with van der Waals surface area (Å²) >= 11 is 0.948. The van der Waals surface area contributed by atoms with E-state index in [1.807, 2.05) is 0 Å². The standard InChI is InChI=1S/C9H12N4O3S.ClH/c1-4-6(7(14)15)17-8(11-4)12-9(16)13-2-5(10)3-13;/h5H,2-3,10H2,1H3,(H,14,15)(H,11,12,16);1H. The normalized spacial score (nSPS) is 14.7. The number of amides is 2. The molecule has 100 valence electrons. The number of nitrogens with one attached hydrogen (secondary N) is 1. The largest absolute Gasteiger partial charge is 0.477 e. The van der Waals surface area contributed by atoms with Gasteiger partial charge in [-0.25, -0.2) is 14.6 Å². The van der Waals surface area contributed by atoms with E-state index in [1.54, 1.807) is 11.8 Å². The second-order valence-corrected chi connectivity index (χ2v) is 4.83. The number of nitrogens with zero attached hydrogens (tertiary/aromatic N) is 2. The highest BCUT2D eigenvalue weighted by molar-refractivity contribution is 7.17. The smallest absolute Gasteiger partial charge is 0.347 e. The molecular weight excluding hydrogens is 280 g/mol. The first-order valence-electron chi connectivity index (χ1n) is 4.99. The van der Waals surface area contributed by atoms with Gasteiger partial charge in [0.15, 0.2) is 5.13 Å². The summed E-state index contributed by atoms with van der Waals surface area (Å²) in [6.45, 7) is 2.62. The number of nitrogens with two attached hydrogens (primary N) is 1. The van der Waals surface area contributed by atoms with Crippen molar-refractivity contribution in [2.45, 2.75) is 13.0 Å². The van der Waals surface area contributed by atoms with E-state index in [0.717, 1.165) is 11.3 Å². The monoisotopic (exact) mass is 292 g/mol. The van der Waals surface area contributed by atoms with E-state index in [0.29, 0.717) is 23.9 Å². The van der Waals surface area contributed by atoms with Gasteiger partial charge in [0.25, 0.3) is 0 Å². The molecule has 1 saturated heterocycles. The van der Waals surface area contributed by atoms with Gasteiger partial charge < -0.3 is 15.7 Å². The highest BCUT2D eigenvalue weighted by atomic mass is 35.5. The molecule has 1 aromatic rings. The molecule has 0 aromatic carbocycles. The van der Waals surface area contributed by atoms with Gasteiger partial charge in [-0.05, 0) is 6.92 Å². The summed E-state index contributed by atoms with van der Waals surface area (Å²) in [6.07, 6.45) is 0. The van der Waals surface area contributed by atoms with Gasteiger partial charge in [-0.3, -0.25) is 5.32 Å². The molecule has 7 nitrogen and oxygen atoms in total. The number of anilines is 1. The van der Waals surface area contributed by atoms with Crippen LogP contribution in [0.4, 0.5) is 9.93 Å². The van der Waals surface area contributed by atoms with Crippen LogP contribution in [0.25, 0.3) is 0 Å². The topological polar surface area (TPSA) is 109 Å². The molecule has 0 spiro atoms. The van der Waals surface area contributed by atoms with Gasteiger partial charge in [-0.2, -0.15) is 0 Å². The van der Waals surface area contributed by atoms with Gasteiger partial charge in [-0.1, -0.05) is 11.3 Å². The van der Waals surface area contributed by atoms with Gasteiger partial charge in [0.2, 0.25) is 0 Å². The van der Waals surface area contributed by atoms with Crippen LogP contribution in [0.3, 0.4) is 0 Å². The third-order valence-electron chi connectivity index (χ3n) is 2.40. The minimum absolute atomic E-state index is 0. The number of carbonyl (C=O) groups is 2. The number of hydrogen-bond acceptors (Lipinski definition) is 5. The Kier molecular flexibility index (Phi) is 4.49. The lowest BCUT2D eigenvalue weighted by Crippen LogP contribution is -2.58. The molecule has 0 saturated carbocycles. The van der Waals surface area contributed by atoms with E-state index < -0.39 is 5.97 Å². The summed E-state index contributed by atoms with van der Waals surface area (Å²) in [5, 5.41) is 11.7. The van der Waals surface area contributed by atoms with Crippen LogP contribution in [0.15, 0.2) is 0 Å². The van der Waals surface area contributed by atoms with E-state index in [4.69, 9.17) is 10.8 Å². The molecule has 1 fully saturated rings. The van der Waals surface area contributed by atoms with E-state index in [-0.39, 0.29) is 29.4 Å². The average Bonchev–Trinajstić information content (AvgIpc) is 2.54. The molecule has 0 unspecified atom stereocenters. The Hall–Kier alpha value is -1.38. The summed E-state index contributed by atoms with van der Waals surface area (Å²) in [5.41, 5.74) is 5.96. The summed E-state index contributed by atoms with van der Waals surface area (Å²) in [4.78, 5) is 28.1. The van der Waals surface area contributed by atoms with Gasteiger partial charge >= 0.3 is 12.0 Å². The summed E-state index contributed by atoms with van der Waals surface area (Å²) in [6, 6.07) is -0.259. The van der Waals surface area contributed by atoms with Crippen LogP contribution >= 0.6 is 23.7 Å². The maximum atomic E-state index is 11.6. The fourth-order valence-electron chi connectivity index (χ4n) is 1.50. The number of carbonyl (C=O) groups excluding carboxylic acids is 1. The Balaban J connectivity index is 0.00000162. The second kappa shape index (κ2) is 5.51. The van der Waals surface area contributed by atoms with Crippen LogP contribution in [-0.4, -0.2) is 46.1 Å². The maximum absolute atomic E-state index is 11.6. The fourth-order valence-corrected chi connectivity index (χ4v) is 2.29. The number of aryl methyl sites for hydroxylation is 1. The number of thiazole rings is 1. The van der Waals surface area contributed by atoms with E-state index in [1.165, 1.54) is 0 Å². The van der Waals surface area contributed by atoms with E-state index in [9.17, 15) is 9.59 Å². The minimum atomic E-state index is -1.04. The Labute approximate surface area is 113 Å². The van der Waals surface area contributed by atoms with Gasteiger partial charge in [0, 0.05) is 19.1 Å². The van der Waals surface area contributed by atoms with Crippen LogP contribution in [0.1, 0.15) is 15.4 Å². The second-order valence-electron chi connectivity index (χ2n) is 3.83. The Morgan fingerprint density at radius 1 is 1.56 bits per heavy atom. The van der Waals surface area contributed by atoms with Crippen LogP contribution in [-0.2, 0) is 0 Å². The number of hydrogen-bond donors (Lipinski definition) is 3. The number of rotatable bonds is 2. The van der Waals surface area contributed by atoms with Crippen LogP contribution < -0.4 is 11.1 Å². The highest BCUT2D eigenvalue weighted by Crippen LogP contribution is 2.23. The molecule has 0 bridgehead atoms. The number of carboxylic acid groups (broad SMARTS) is 1. The molecule has 0 aliphatic carbocycles. The molecule has 0 radical (unpaired) electrons. The molecular formula is C9H13ClN4O3S. The quantitative estimate of drug-likeness (QED) is 0.745. The number of urea groups is 1. The van der Waals surface area contributed by atoms with Gasteiger partial charge in [0.05, 0.1) is 5.69 Å². The Bertz CT molecular complexity index is 472. The lowest BCUT2D eigenvalue weighted by molar-refractivity contribution is 0.0701. The molecule has 1 aliphatic rings. The highest BCUT2D eigenvalue weighted by Gasteiger charge is 2.28. The van der Waals surface area contributed by atoms with Gasteiger partial charge in [-0.15, -0.1) is 12.4 Å². The number of likely N-dealkylation sites (tertiary alicyclic amines) is 1. The van der Waals surface area contributed by atoms with Crippen LogP contribution in [0.2, 0.25) is 0 Å². The van der Waals surface area contributed by atoms with Crippen molar-refractivity contribution >= 4 is 40.9 Å². The van der Waals surface area contributed by atoms with Crippen LogP contribution in [0, 0.1) is 6.92 Å². The fraction of sp³-hybridized carbons (Fsp3) is 0.444. The molecule has 1 aromatic heterocycles. The molecule has 0 atom stereocenters. The Morgan fingerprint density at radius 3 is 2.61 bits per heavy atom. The molecule has 2 amide bonds. The van der Waals surface area contributed by atoms with Crippen molar-refractivity contribution < 1.29 is 14.7 Å². The zero-order chi connectivity index (χ0) is 12.6. The SMILES string of the molecule is Cc1nc(NC(=O)N2CC(N)C2)sc1C(=O)O.Cl. The first-order valence-corrected chi connectivity index (χ1v) is 5.81. The first-order chi connectivity index (χ1) is 7.97. The predicted octanol–water partition coefficient (Wildman–Crippen LogP) is 0.746. The summed E-state index contributed by atoms with van der Waals surface area (Å²) < 4.78 is 0. The Morgan fingerprint density at radius 2 is 2.17 bits per heavy atom. The molecule has 4 N–H and O–H groups in total. The van der Waals surface area contributed by atoms with Crippen molar-refractivity contribution in [3.8, 4) is 0 Å². The molecule has 9 heteroatoms. The van der Waals surface area contributed by atoms with Crippen molar-refractivity contribution in [1.29, 1.82) is 0 Å². The lowest BCUT2D eigenvalue weighted by Gasteiger charge is -2.36. The number of aromatic carboxylic acids is 1. The molecule has 18 heavy (non-hydrogen) atoms. The van der Waals surface area contributed by atoms with Crippen molar-refractivity contribution in [3.63, 3.8) is 0 Å². The average molecular weight is 293 g/mol. The number of carboxylic acids is 1. The zero-order valence-corrected chi connectivity index (χ0v) is 11.2. The van der Waals surface area contributed by atoms with E-state index in [2.05, 4.69) is 10.3 Å². The third-order valence-corrected chi connectivity index (χ3v) is 3.46. The van der Waals surface area contributed by atoms with Crippen molar-refractivity contribution in [2.24, 2.45) is 5.73 Å². The van der Waals surface area contributed by atoms with Crippen molar-refractivity contribution in [3.05, 3.63) is 10.6 Å². The minimum Gasteiger partial charge on any atom is -0.477 e. The summed E-state index contributed by atoms with van der Waals surface area (Å²) in [7, 11) is 0. The number of halogens is 1. The molecule has 2 heterocycles. The predicted molar refractivity (Wildman–Crippen MR) is 69.6 cm³/mol. The van der Waals surface area contributed by atoms with Crippen molar-refractivity contribution in [2.75, 3.05) is 18.4 Å². The molecule has 2 rings (SSSR count). The zero-order valence-electron chi connectivity index (χ0n) is 9.54. The van der Waals surface area contributed by atoms with E-state index >= 15 is 0 Å². The molecule has 1 aliphatic heterocycles. The number of aromatic nitrogens is 1. The van der Waals surface area contributed by atoms with Crippen LogP contribution in [0.5, 0.6) is 0 Å². The first kappa shape index (κ1) is 14.7. The third kappa shape index (κ3) is 2.89. The van der Waals surface area contributed by atoms with Crippen molar-refractivity contribution in [1.82, 2.24) is 9.88 Å².